The molecule has 0 saturated carbocycles. The van der Waals surface area contributed by atoms with E-state index in [1.165, 1.54) is 10.9 Å². The molecule has 0 fully saturated rings. The molecule has 0 aliphatic heterocycles. The monoisotopic (exact) mass is 410 g/mol. The topological polar surface area (TPSA) is 72.8 Å². The number of rotatable bonds is 3. The third-order valence-corrected chi connectivity index (χ3v) is 5.37. The Morgan fingerprint density at radius 1 is 1.00 bits per heavy atom. The van der Waals surface area contributed by atoms with E-state index in [0.717, 1.165) is 11.2 Å². The smallest absolute Gasteiger partial charge is 0.302 e. The van der Waals surface area contributed by atoms with Gasteiger partial charge in [0.05, 0.1) is 22.6 Å². The lowest BCUT2D eigenvalue weighted by Gasteiger charge is -2.19. The molecule has 0 amide bonds. The Hall–Kier alpha value is -3.93. The average molecular weight is 410 g/mol. The molecule has 1 N–H and O–H groups in total. The van der Waals surface area contributed by atoms with E-state index in [1.54, 1.807) is 18.5 Å². The molecule has 0 unspecified atom stereocenters. The van der Waals surface area contributed by atoms with Crippen molar-refractivity contribution in [2.24, 2.45) is 0 Å². The first kappa shape index (κ1) is 19.1. The predicted molar refractivity (Wildman–Crippen MR) is 122 cm³/mol. The first-order valence-corrected chi connectivity index (χ1v) is 10.1. The molecule has 0 aliphatic rings. The molecule has 0 atom stereocenters. The Bertz CT molecular complexity index is 1460. The maximum absolute atomic E-state index is 12.2. The van der Waals surface area contributed by atoms with E-state index in [4.69, 9.17) is 4.74 Å². The minimum atomic E-state index is -0.257. The lowest BCUT2D eigenvalue weighted by Crippen LogP contribution is -2.10. The maximum atomic E-state index is 12.2. The molecule has 3 aromatic heterocycles. The van der Waals surface area contributed by atoms with Gasteiger partial charge in [0.1, 0.15) is 5.75 Å². The third-order valence-electron chi connectivity index (χ3n) is 5.37. The van der Waals surface area contributed by atoms with E-state index in [9.17, 15) is 4.79 Å². The number of nitrogens with zero attached hydrogens (tertiary/aromatic N) is 3. The Labute approximate surface area is 179 Å². The van der Waals surface area contributed by atoms with Gasteiger partial charge in [-0.25, -0.2) is 0 Å². The highest BCUT2D eigenvalue weighted by molar-refractivity contribution is 5.83. The number of aromatic amines is 1. The van der Waals surface area contributed by atoms with Gasteiger partial charge in [-0.2, -0.15) is 4.98 Å². The van der Waals surface area contributed by atoms with Crippen LogP contribution in [0.3, 0.4) is 0 Å². The fraction of sp³-hybridized carbons (Fsp3) is 0.160. The summed E-state index contributed by atoms with van der Waals surface area (Å²) in [4.78, 5) is 23.2. The van der Waals surface area contributed by atoms with Crippen molar-refractivity contribution in [1.82, 2.24) is 19.5 Å². The van der Waals surface area contributed by atoms with Gasteiger partial charge in [0.15, 0.2) is 0 Å². The Morgan fingerprint density at radius 3 is 2.58 bits per heavy atom. The zero-order valence-electron chi connectivity index (χ0n) is 17.6. The van der Waals surface area contributed by atoms with E-state index in [1.807, 2.05) is 24.3 Å². The molecule has 0 saturated heterocycles. The predicted octanol–water partition coefficient (Wildman–Crippen LogP) is 5.35. The van der Waals surface area contributed by atoms with Crippen LogP contribution in [-0.2, 0) is 5.41 Å². The minimum Gasteiger partial charge on any atom is -0.426 e. The van der Waals surface area contributed by atoms with Crippen LogP contribution in [0.5, 0.6) is 11.8 Å². The molecule has 6 heteroatoms. The standard InChI is InChI=1S/C25H22N4O2/c1-25(2,3)17-4-9-22-16(14-17)11-13-29(22)18-5-7-19(8-6-18)31-24-27-21-15-26-12-10-20(21)23(30)28-24/h4-15H,1-3H3,(H,27,28,30). The van der Waals surface area contributed by atoms with Crippen LogP contribution in [0.1, 0.15) is 26.3 Å². The number of benzene rings is 2. The lowest BCUT2D eigenvalue weighted by atomic mass is 9.86. The van der Waals surface area contributed by atoms with E-state index >= 15 is 0 Å². The van der Waals surface area contributed by atoms with Crippen molar-refractivity contribution in [3.8, 4) is 17.4 Å². The quantitative estimate of drug-likeness (QED) is 0.435. The van der Waals surface area contributed by atoms with Crippen LogP contribution in [0.15, 0.2) is 78.0 Å². The highest BCUT2D eigenvalue weighted by Crippen LogP contribution is 2.29. The average Bonchev–Trinajstić information content (AvgIpc) is 3.17. The van der Waals surface area contributed by atoms with Gasteiger partial charge < -0.3 is 9.30 Å². The van der Waals surface area contributed by atoms with E-state index in [0.29, 0.717) is 16.7 Å². The molecule has 3 heterocycles. The first-order valence-electron chi connectivity index (χ1n) is 10.1. The highest BCUT2D eigenvalue weighted by Gasteiger charge is 2.15. The Balaban J connectivity index is 1.43. The Kier molecular flexibility index (Phi) is 4.36. The molecule has 0 aliphatic carbocycles. The molecule has 6 nitrogen and oxygen atoms in total. The fourth-order valence-electron chi connectivity index (χ4n) is 3.64. The second-order valence-corrected chi connectivity index (χ2v) is 8.57. The lowest BCUT2D eigenvalue weighted by molar-refractivity contribution is 0.442. The molecule has 0 spiro atoms. The summed E-state index contributed by atoms with van der Waals surface area (Å²) in [6.07, 6.45) is 5.18. The van der Waals surface area contributed by atoms with Gasteiger partial charge in [0.2, 0.25) is 0 Å². The number of H-pyrrole nitrogens is 1. The van der Waals surface area contributed by atoms with E-state index in [2.05, 4.69) is 70.8 Å². The second-order valence-electron chi connectivity index (χ2n) is 8.57. The van der Waals surface area contributed by atoms with Crippen molar-refractivity contribution >= 4 is 21.8 Å². The van der Waals surface area contributed by atoms with Crippen LogP contribution in [0.2, 0.25) is 0 Å². The third kappa shape index (κ3) is 3.57. The SMILES string of the molecule is CC(C)(C)c1ccc2c(ccn2-c2ccc(Oc3nc4cnccc4c(=O)[nH]3)cc2)c1. The van der Waals surface area contributed by atoms with Crippen LogP contribution in [0.25, 0.3) is 27.5 Å². The van der Waals surface area contributed by atoms with Crippen LogP contribution >= 0.6 is 0 Å². The molecule has 5 rings (SSSR count). The summed E-state index contributed by atoms with van der Waals surface area (Å²) in [6.45, 7) is 6.66. The van der Waals surface area contributed by atoms with Crippen LogP contribution in [0, 0.1) is 0 Å². The summed E-state index contributed by atoms with van der Waals surface area (Å²) in [5, 5.41) is 1.69. The number of fused-ring (bicyclic) bond motifs is 2. The van der Waals surface area contributed by atoms with Gasteiger partial charge in [-0.05, 0) is 59.5 Å². The van der Waals surface area contributed by atoms with Crippen molar-refractivity contribution < 1.29 is 4.74 Å². The molecule has 0 bridgehead atoms. The van der Waals surface area contributed by atoms with Crippen molar-refractivity contribution in [2.45, 2.75) is 26.2 Å². The highest BCUT2D eigenvalue weighted by atomic mass is 16.5. The normalized spacial score (nSPS) is 11.8. The number of hydrogen-bond acceptors (Lipinski definition) is 4. The summed E-state index contributed by atoms with van der Waals surface area (Å²) in [6, 6.07) is 18.2. The molecule has 31 heavy (non-hydrogen) atoms. The zero-order chi connectivity index (χ0) is 21.6. The second kappa shape index (κ2) is 7.09. The summed E-state index contributed by atoms with van der Waals surface area (Å²) in [7, 11) is 0. The number of pyridine rings is 1. The number of aromatic nitrogens is 4. The van der Waals surface area contributed by atoms with E-state index < -0.39 is 0 Å². The molecular formula is C25H22N4O2. The van der Waals surface area contributed by atoms with Gasteiger partial charge in [-0.3, -0.25) is 14.8 Å². The number of hydrogen-bond donors (Lipinski definition) is 1. The fourth-order valence-corrected chi connectivity index (χ4v) is 3.64. The van der Waals surface area contributed by atoms with Gasteiger partial charge in [0, 0.05) is 23.5 Å². The van der Waals surface area contributed by atoms with Gasteiger partial charge in [-0.1, -0.05) is 26.8 Å². The van der Waals surface area contributed by atoms with Gasteiger partial charge in [-0.15, -0.1) is 0 Å². The van der Waals surface area contributed by atoms with Crippen LogP contribution in [-0.4, -0.2) is 19.5 Å². The first-order chi connectivity index (χ1) is 14.9. The largest absolute Gasteiger partial charge is 0.426 e. The van der Waals surface area contributed by atoms with E-state index in [-0.39, 0.29) is 17.0 Å². The summed E-state index contributed by atoms with van der Waals surface area (Å²) in [5.41, 5.74) is 3.83. The van der Waals surface area contributed by atoms with Crippen molar-refractivity contribution in [3.05, 3.63) is 89.1 Å². The van der Waals surface area contributed by atoms with Crippen LogP contribution < -0.4 is 10.3 Å². The molecule has 0 radical (unpaired) electrons. The summed E-state index contributed by atoms with van der Waals surface area (Å²) < 4.78 is 7.92. The van der Waals surface area contributed by atoms with Crippen molar-refractivity contribution in [2.75, 3.05) is 0 Å². The Morgan fingerprint density at radius 2 is 1.81 bits per heavy atom. The maximum Gasteiger partial charge on any atom is 0.302 e. The van der Waals surface area contributed by atoms with Gasteiger partial charge in [0.25, 0.3) is 5.56 Å². The molecule has 154 valence electrons. The molecule has 2 aromatic carbocycles. The summed E-state index contributed by atoms with van der Waals surface area (Å²) >= 11 is 0. The van der Waals surface area contributed by atoms with Gasteiger partial charge >= 0.3 is 6.01 Å². The van der Waals surface area contributed by atoms with Crippen molar-refractivity contribution in [3.63, 3.8) is 0 Å². The number of nitrogens with one attached hydrogen (secondary N) is 1. The molecular weight excluding hydrogens is 388 g/mol. The van der Waals surface area contributed by atoms with Crippen LogP contribution in [0.4, 0.5) is 0 Å². The molecule has 5 aromatic rings. The number of ether oxygens (including phenoxy) is 1. The minimum absolute atomic E-state index is 0.114. The summed E-state index contributed by atoms with van der Waals surface area (Å²) in [5.74, 6) is 0.585. The zero-order valence-corrected chi connectivity index (χ0v) is 17.6. The van der Waals surface area contributed by atoms with Crippen molar-refractivity contribution in [1.29, 1.82) is 0 Å².